The first-order chi connectivity index (χ1) is 19.2. The summed E-state index contributed by atoms with van der Waals surface area (Å²) in [5.74, 6) is -1.40. The second kappa shape index (κ2) is 11.0. The van der Waals surface area contributed by atoms with E-state index in [9.17, 15) is 19.5 Å². The number of ether oxygens (including phenoxy) is 3. The molecule has 2 aliphatic rings. The number of Topliss-reactive ketones (excluding diaryl/α,β-unsaturated/α-hetero) is 1. The Bertz CT molecular complexity index is 1560. The van der Waals surface area contributed by atoms with Crippen LogP contribution >= 0.6 is 11.3 Å². The number of amides is 1. The zero-order valence-corrected chi connectivity index (χ0v) is 23.1. The number of aliphatic hydroxyl groups is 1. The molecule has 0 saturated carbocycles. The van der Waals surface area contributed by atoms with E-state index in [2.05, 4.69) is 11.6 Å². The molecule has 9 nitrogen and oxygen atoms in total. The van der Waals surface area contributed by atoms with E-state index < -0.39 is 23.7 Å². The van der Waals surface area contributed by atoms with Crippen LogP contribution < -0.4 is 14.4 Å². The van der Waals surface area contributed by atoms with Gasteiger partial charge in [0.15, 0.2) is 5.13 Å². The third-order valence-corrected chi connectivity index (χ3v) is 7.74. The normalized spacial score (nSPS) is 19.3. The molecule has 5 rings (SSSR count). The van der Waals surface area contributed by atoms with E-state index in [-0.39, 0.29) is 40.7 Å². The maximum Gasteiger partial charge on any atom is 0.350 e. The molecule has 0 unspecified atom stereocenters. The number of fused-ring (bicyclic) bond motifs is 1. The number of carbonyl (C=O) groups is 3. The van der Waals surface area contributed by atoms with Crippen LogP contribution in [0.25, 0.3) is 5.76 Å². The van der Waals surface area contributed by atoms with Gasteiger partial charge < -0.3 is 19.3 Å². The van der Waals surface area contributed by atoms with Crippen LogP contribution in [0.15, 0.2) is 60.7 Å². The molecule has 3 aromatic rings. The maximum absolute atomic E-state index is 13.6. The van der Waals surface area contributed by atoms with E-state index in [1.165, 1.54) is 4.90 Å². The highest BCUT2D eigenvalue weighted by molar-refractivity contribution is 7.17. The highest BCUT2D eigenvalue weighted by Crippen LogP contribution is 2.45. The van der Waals surface area contributed by atoms with Gasteiger partial charge in [-0.1, -0.05) is 36.1 Å². The Balaban J connectivity index is 1.67. The lowest BCUT2D eigenvalue weighted by Crippen LogP contribution is -2.29. The van der Waals surface area contributed by atoms with Crippen molar-refractivity contribution in [3.8, 4) is 11.5 Å². The number of thiazole rings is 1. The number of nitrogens with zero attached hydrogens (tertiary/aromatic N) is 2. The van der Waals surface area contributed by atoms with E-state index >= 15 is 0 Å². The van der Waals surface area contributed by atoms with Gasteiger partial charge in [0, 0.05) is 12.0 Å². The Morgan fingerprint density at radius 3 is 2.83 bits per heavy atom. The molecule has 1 saturated heterocycles. The summed E-state index contributed by atoms with van der Waals surface area (Å²) in [5, 5.41) is 11.7. The molecule has 1 fully saturated rings. The van der Waals surface area contributed by atoms with Crippen molar-refractivity contribution in [3.63, 3.8) is 0 Å². The molecule has 206 valence electrons. The van der Waals surface area contributed by atoms with Crippen molar-refractivity contribution < 1.29 is 33.7 Å². The van der Waals surface area contributed by atoms with Crippen molar-refractivity contribution in [2.24, 2.45) is 0 Å². The number of benzene rings is 2. The summed E-state index contributed by atoms with van der Waals surface area (Å²) in [7, 11) is 0. The van der Waals surface area contributed by atoms with Crippen LogP contribution in [0.1, 0.15) is 51.9 Å². The number of carbonyl (C=O) groups excluding carboxylic acids is 3. The van der Waals surface area contributed by atoms with Crippen LogP contribution in [0.5, 0.6) is 11.5 Å². The minimum Gasteiger partial charge on any atom is -0.507 e. The zero-order chi connectivity index (χ0) is 28.6. The number of aromatic nitrogens is 1. The van der Waals surface area contributed by atoms with Crippen LogP contribution in [0.4, 0.5) is 5.13 Å². The summed E-state index contributed by atoms with van der Waals surface area (Å²) in [4.78, 5) is 45.5. The lowest BCUT2D eigenvalue weighted by Gasteiger charge is -2.23. The molecule has 1 amide bonds. The van der Waals surface area contributed by atoms with Gasteiger partial charge in [-0.15, -0.1) is 0 Å². The zero-order valence-electron chi connectivity index (χ0n) is 22.3. The lowest BCUT2D eigenvalue weighted by atomic mass is 9.94. The van der Waals surface area contributed by atoms with Gasteiger partial charge >= 0.3 is 11.9 Å². The molecule has 0 spiro atoms. The molecule has 1 aromatic heterocycles. The number of aryl methyl sites for hydroxylation is 1. The molecule has 2 atom stereocenters. The third-order valence-electron chi connectivity index (χ3n) is 6.61. The fourth-order valence-corrected chi connectivity index (χ4v) is 5.86. The van der Waals surface area contributed by atoms with Crippen molar-refractivity contribution in [1.82, 2.24) is 4.98 Å². The van der Waals surface area contributed by atoms with Crippen molar-refractivity contribution in [1.29, 1.82) is 0 Å². The topological polar surface area (TPSA) is 115 Å². The van der Waals surface area contributed by atoms with Gasteiger partial charge in [0.2, 0.25) is 0 Å². The van der Waals surface area contributed by atoms with Crippen LogP contribution in [-0.4, -0.2) is 47.1 Å². The molecule has 2 aliphatic heterocycles. The summed E-state index contributed by atoms with van der Waals surface area (Å²) in [6.07, 6.45) is 2.26. The second-order valence-corrected chi connectivity index (χ2v) is 10.4. The first-order valence-electron chi connectivity index (χ1n) is 12.8. The molecule has 0 aliphatic carbocycles. The van der Waals surface area contributed by atoms with Gasteiger partial charge in [0.25, 0.3) is 5.78 Å². The number of anilines is 1. The summed E-state index contributed by atoms with van der Waals surface area (Å²) in [6, 6.07) is 11.1. The fourth-order valence-electron chi connectivity index (χ4n) is 4.87. The smallest absolute Gasteiger partial charge is 0.350 e. The van der Waals surface area contributed by atoms with E-state index in [1.54, 1.807) is 62.4 Å². The Hall–Kier alpha value is -4.44. The van der Waals surface area contributed by atoms with Crippen LogP contribution in [-0.2, 0) is 20.7 Å². The largest absolute Gasteiger partial charge is 0.507 e. The highest BCUT2D eigenvalue weighted by Gasteiger charge is 2.48. The Morgan fingerprint density at radius 1 is 1.27 bits per heavy atom. The number of hydrogen-bond acceptors (Lipinski definition) is 9. The molecule has 40 heavy (non-hydrogen) atoms. The highest BCUT2D eigenvalue weighted by atomic mass is 32.1. The van der Waals surface area contributed by atoms with Crippen molar-refractivity contribution in [3.05, 3.63) is 88.0 Å². The predicted octanol–water partition coefficient (Wildman–Crippen LogP) is 5.14. The second-order valence-electron chi connectivity index (χ2n) is 9.43. The number of rotatable bonds is 8. The van der Waals surface area contributed by atoms with Gasteiger partial charge in [-0.25, -0.2) is 9.78 Å². The summed E-state index contributed by atoms with van der Waals surface area (Å²) < 4.78 is 16.6. The van der Waals surface area contributed by atoms with Crippen LogP contribution in [0.2, 0.25) is 0 Å². The molecular formula is C30H28N2O7S. The fraction of sp³-hybridized carbons (Fsp3) is 0.267. The van der Waals surface area contributed by atoms with Crippen molar-refractivity contribution >= 4 is 39.9 Å². The van der Waals surface area contributed by atoms with Gasteiger partial charge in [-0.2, -0.15) is 0 Å². The molecule has 1 N–H and O–H groups in total. The predicted molar refractivity (Wildman–Crippen MR) is 150 cm³/mol. The van der Waals surface area contributed by atoms with E-state index in [0.29, 0.717) is 29.0 Å². The number of hydrogen-bond donors (Lipinski definition) is 1. The Labute approximate surface area is 235 Å². The first kappa shape index (κ1) is 27.1. The summed E-state index contributed by atoms with van der Waals surface area (Å²) >= 11 is 0.955. The number of esters is 1. The minimum absolute atomic E-state index is 0.00183. The van der Waals surface area contributed by atoms with Gasteiger partial charge in [-0.05, 0) is 62.2 Å². The third kappa shape index (κ3) is 4.86. The molecule has 0 bridgehead atoms. The molecular weight excluding hydrogens is 532 g/mol. The molecule has 3 heterocycles. The van der Waals surface area contributed by atoms with Crippen LogP contribution in [0.3, 0.4) is 0 Å². The average Bonchev–Trinajstić information content (AvgIpc) is 3.59. The molecule has 2 aromatic carbocycles. The van der Waals surface area contributed by atoms with E-state index in [1.807, 2.05) is 6.92 Å². The van der Waals surface area contributed by atoms with Crippen LogP contribution in [0, 0.1) is 6.92 Å². The monoisotopic (exact) mass is 560 g/mol. The van der Waals surface area contributed by atoms with Gasteiger partial charge in [0.1, 0.15) is 34.8 Å². The summed E-state index contributed by atoms with van der Waals surface area (Å²) in [5.41, 5.74) is 2.09. The molecule has 10 heteroatoms. The van der Waals surface area contributed by atoms with Crippen molar-refractivity contribution in [2.75, 3.05) is 18.1 Å². The Morgan fingerprint density at radius 2 is 2.08 bits per heavy atom. The van der Waals surface area contributed by atoms with Gasteiger partial charge in [-0.3, -0.25) is 14.5 Å². The lowest BCUT2D eigenvalue weighted by molar-refractivity contribution is -0.132. The van der Waals surface area contributed by atoms with E-state index in [4.69, 9.17) is 14.2 Å². The quantitative estimate of drug-likeness (QED) is 0.132. The standard InChI is InChI=1S/C30H28N2O7S/c1-5-12-38-21-9-7-8-18(15-21)24-23(25(33)19-10-11-22-20(14-19)13-16(3)39-22)26(34)28(35)32(24)30-31-17(4)27(40-30)29(36)37-6-2/h5,7-11,14-16,24,33H,1,6,12-13H2,2-4H3/b25-23+/t16-,24+/m0/s1. The van der Waals surface area contributed by atoms with Crippen molar-refractivity contribution in [2.45, 2.75) is 39.3 Å². The average molecular weight is 561 g/mol. The van der Waals surface area contributed by atoms with Gasteiger partial charge in [0.05, 0.1) is 23.9 Å². The SMILES string of the molecule is C=CCOc1cccc([C@@H]2/C(=C(\O)c3ccc4c(c3)C[C@H](C)O4)C(=O)C(=O)N2c2nc(C)c(C(=O)OCC)s2)c1. The number of ketones is 1. The summed E-state index contributed by atoms with van der Waals surface area (Å²) in [6.45, 7) is 9.38. The maximum atomic E-state index is 13.6. The molecule has 0 radical (unpaired) electrons. The Kier molecular flexibility index (Phi) is 7.44. The minimum atomic E-state index is -1.03. The number of aliphatic hydroxyl groups excluding tert-OH is 1. The first-order valence-corrected chi connectivity index (χ1v) is 13.6. The van der Waals surface area contributed by atoms with E-state index in [0.717, 1.165) is 22.6 Å².